The normalized spacial score (nSPS) is 14.2. The Bertz CT molecular complexity index is 928. The lowest BCUT2D eigenvalue weighted by Crippen LogP contribution is -2.48. The monoisotopic (exact) mass is 441 g/mol. The van der Waals surface area contributed by atoms with Crippen LogP contribution in [0, 0.1) is 17.0 Å². The molecule has 1 saturated heterocycles. The van der Waals surface area contributed by atoms with E-state index in [1.165, 1.54) is 17.3 Å². The Morgan fingerprint density at radius 3 is 2.59 bits per heavy atom. The van der Waals surface area contributed by atoms with E-state index in [1.807, 2.05) is 0 Å². The molecule has 1 fully saturated rings. The quantitative estimate of drug-likeness (QED) is 0.332. The molecule has 2 aromatic rings. The number of carbonyl (C=O) groups is 1. The molecular formula is C23H31N5O4. The van der Waals surface area contributed by atoms with Crippen molar-refractivity contribution in [3.05, 3.63) is 63.7 Å². The van der Waals surface area contributed by atoms with Crippen LogP contribution in [0.15, 0.2) is 42.5 Å². The van der Waals surface area contributed by atoms with E-state index >= 15 is 0 Å². The van der Waals surface area contributed by atoms with Gasteiger partial charge in [0.2, 0.25) is 0 Å². The number of carbonyl (C=O) groups excluding carboxylic acids is 1. The van der Waals surface area contributed by atoms with Gasteiger partial charge in [0.15, 0.2) is 0 Å². The third kappa shape index (κ3) is 6.41. The van der Waals surface area contributed by atoms with Gasteiger partial charge in [-0.05, 0) is 36.8 Å². The Morgan fingerprint density at radius 1 is 1.12 bits per heavy atom. The van der Waals surface area contributed by atoms with Crippen LogP contribution in [0.4, 0.5) is 17.1 Å². The van der Waals surface area contributed by atoms with Crippen molar-refractivity contribution in [2.45, 2.75) is 6.92 Å². The molecule has 3 rings (SSSR count). The number of hydrogen-bond donors (Lipinski definition) is 2. The number of nitro groups is 1. The highest BCUT2D eigenvalue weighted by molar-refractivity contribution is 5.95. The molecular weight excluding hydrogens is 410 g/mol. The van der Waals surface area contributed by atoms with E-state index in [0.29, 0.717) is 25.4 Å². The van der Waals surface area contributed by atoms with Gasteiger partial charge in [-0.1, -0.05) is 12.1 Å². The molecule has 1 heterocycles. The van der Waals surface area contributed by atoms with Crippen LogP contribution in [-0.4, -0.2) is 75.3 Å². The van der Waals surface area contributed by atoms with Crippen molar-refractivity contribution < 1.29 is 14.5 Å². The van der Waals surface area contributed by atoms with Crippen LogP contribution in [0.2, 0.25) is 0 Å². The molecule has 172 valence electrons. The zero-order valence-electron chi connectivity index (χ0n) is 18.7. The molecule has 9 heteroatoms. The number of aryl methyl sites for hydroxylation is 1. The van der Waals surface area contributed by atoms with Crippen LogP contribution in [0.3, 0.4) is 0 Å². The zero-order valence-corrected chi connectivity index (χ0v) is 18.7. The summed E-state index contributed by atoms with van der Waals surface area (Å²) in [6, 6.07) is 13.0. The Kier molecular flexibility index (Phi) is 8.41. The highest BCUT2D eigenvalue weighted by atomic mass is 16.6. The molecule has 1 aliphatic heterocycles. The van der Waals surface area contributed by atoms with Gasteiger partial charge in [-0.15, -0.1) is 0 Å². The minimum absolute atomic E-state index is 0.124. The number of nitro benzene ring substituents is 1. The van der Waals surface area contributed by atoms with Gasteiger partial charge >= 0.3 is 0 Å². The van der Waals surface area contributed by atoms with Crippen LogP contribution < -0.4 is 15.5 Å². The number of piperazine rings is 1. The van der Waals surface area contributed by atoms with Crippen molar-refractivity contribution >= 4 is 23.0 Å². The van der Waals surface area contributed by atoms with Crippen molar-refractivity contribution in [1.82, 2.24) is 10.2 Å². The molecule has 0 bridgehead atoms. The second-order valence-electron chi connectivity index (χ2n) is 7.83. The second kappa shape index (κ2) is 11.4. The van der Waals surface area contributed by atoms with Gasteiger partial charge in [0.1, 0.15) is 5.69 Å². The molecule has 9 nitrogen and oxygen atoms in total. The number of nitrogens with one attached hydrogen (secondary N) is 2. The van der Waals surface area contributed by atoms with E-state index in [2.05, 4.69) is 51.6 Å². The molecule has 0 spiro atoms. The lowest BCUT2D eigenvalue weighted by Gasteiger charge is -2.36. The minimum Gasteiger partial charge on any atom is -0.383 e. The molecule has 0 saturated carbocycles. The van der Waals surface area contributed by atoms with Crippen LogP contribution in [0.25, 0.3) is 0 Å². The predicted molar refractivity (Wildman–Crippen MR) is 126 cm³/mol. The largest absolute Gasteiger partial charge is 0.383 e. The van der Waals surface area contributed by atoms with Crippen molar-refractivity contribution in [1.29, 1.82) is 0 Å². The fraction of sp³-hybridized carbons (Fsp3) is 0.435. The standard InChI is InChI=1S/C23H31N5O4/c1-18-4-3-5-20(16-18)27-13-11-26(12-14-27)10-8-25-23(29)19-6-7-21(24-9-15-32-2)22(17-19)28(30)31/h3-7,16-17,24H,8-15H2,1-2H3,(H,25,29). The molecule has 0 aromatic heterocycles. The Labute approximate surface area is 188 Å². The fourth-order valence-corrected chi connectivity index (χ4v) is 3.75. The first-order chi connectivity index (χ1) is 15.5. The van der Waals surface area contributed by atoms with Crippen molar-refractivity contribution in [2.75, 3.05) is 69.7 Å². The minimum atomic E-state index is -0.486. The number of nitrogens with zero attached hydrogens (tertiary/aromatic N) is 3. The number of methoxy groups -OCH3 is 1. The first-order valence-electron chi connectivity index (χ1n) is 10.8. The predicted octanol–water partition coefficient (Wildman–Crippen LogP) is 2.51. The Hall–Kier alpha value is -3.17. The van der Waals surface area contributed by atoms with E-state index in [0.717, 1.165) is 32.7 Å². The SMILES string of the molecule is COCCNc1ccc(C(=O)NCCN2CCN(c3cccc(C)c3)CC2)cc1[N+](=O)[O-]. The molecule has 1 amide bonds. The maximum absolute atomic E-state index is 12.5. The van der Waals surface area contributed by atoms with E-state index < -0.39 is 4.92 Å². The van der Waals surface area contributed by atoms with Crippen LogP contribution in [0.1, 0.15) is 15.9 Å². The lowest BCUT2D eigenvalue weighted by molar-refractivity contribution is -0.384. The van der Waals surface area contributed by atoms with Gasteiger partial charge in [-0.25, -0.2) is 0 Å². The summed E-state index contributed by atoms with van der Waals surface area (Å²) in [5.41, 5.74) is 3.03. The molecule has 0 atom stereocenters. The number of hydrogen-bond acceptors (Lipinski definition) is 7. The first-order valence-corrected chi connectivity index (χ1v) is 10.8. The van der Waals surface area contributed by atoms with Crippen molar-refractivity contribution in [3.63, 3.8) is 0 Å². The average Bonchev–Trinajstić information content (AvgIpc) is 2.79. The highest BCUT2D eigenvalue weighted by Gasteiger charge is 2.19. The summed E-state index contributed by atoms with van der Waals surface area (Å²) in [5.74, 6) is -0.310. The van der Waals surface area contributed by atoms with Gasteiger partial charge < -0.3 is 20.3 Å². The van der Waals surface area contributed by atoms with Crippen molar-refractivity contribution in [2.24, 2.45) is 0 Å². The Balaban J connectivity index is 1.46. The maximum Gasteiger partial charge on any atom is 0.293 e. The van der Waals surface area contributed by atoms with Crippen LogP contribution in [-0.2, 0) is 4.74 Å². The maximum atomic E-state index is 12.5. The summed E-state index contributed by atoms with van der Waals surface area (Å²) < 4.78 is 4.95. The first kappa shape index (κ1) is 23.5. The average molecular weight is 442 g/mol. The molecule has 32 heavy (non-hydrogen) atoms. The summed E-state index contributed by atoms with van der Waals surface area (Å²) in [6.45, 7) is 7.95. The molecule has 0 unspecified atom stereocenters. The summed E-state index contributed by atoms with van der Waals surface area (Å²) in [6.07, 6.45) is 0. The van der Waals surface area contributed by atoms with E-state index in [1.54, 1.807) is 19.2 Å². The highest BCUT2D eigenvalue weighted by Crippen LogP contribution is 2.25. The summed E-state index contributed by atoms with van der Waals surface area (Å²) in [4.78, 5) is 28.1. The lowest BCUT2D eigenvalue weighted by atomic mass is 10.1. The van der Waals surface area contributed by atoms with E-state index in [9.17, 15) is 14.9 Å². The van der Waals surface area contributed by atoms with E-state index in [4.69, 9.17) is 4.74 Å². The fourth-order valence-electron chi connectivity index (χ4n) is 3.75. The number of anilines is 2. The molecule has 2 N–H and O–H groups in total. The van der Waals surface area contributed by atoms with Crippen molar-refractivity contribution in [3.8, 4) is 0 Å². The van der Waals surface area contributed by atoms with Crippen LogP contribution in [0.5, 0.6) is 0 Å². The number of amides is 1. The summed E-state index contributed by atoms with van der Waals surface area (Å²) >= 11 is 0. The summed E-state index contributed by atoms with van der Waals surface area (Å²) in [5, 5.41) is 17.2. The van der Waals surface area contributed by atoms with Gasteiger partial charge in [0.25, 0.3) is 11.6 Å². The molecule has 2 aromatic carbocycles. The van der Waals surface area contributed by atoms with Crippen LogP contribution >= 0.6 is 0 Å². The van der Waals surface area contributed by atoms with E-state index in [-0.39, 0.29) is 17.2 Å². The van der Waals surface area contributed by atoms with Gasteiger partial charge in [-0.2, -0.15) is 0 Å². The number of ether oxygens (including phenoxy) is 1. The zero-order chi connectivity index (χ0) is 22.9. The number of rotatable bonds is 10. The smallest absolute Gasteiger partial charge is 0.293 e. The number of benzene rings is 2. The topological polar surface area (TPSA) is 100.0 Å². The molecule has 0 radical (unpaired) electrons. The summed E-state index contributed by atoms with van der Waals surface area (Å²) in [7, 11) is 1.56. The second-order valence-corrected chi connectivity index (χ2v) is 7.83. The van der Waals surface area contributed by atoms with Gasteiger partial charge in [0.05, 0.1) is 11.5 Å². The molecule has 0 aliphatic carbocycles. The third-order valence-corrected chi connectivity index (χ3v) is 5.53. The van der Waals surface area contributed by atoms with Gasteiger partial charge in [-0.3, -0.25) is 19.8 Å². The third-order valence-electron chi connectivity index (χ3n) is 5.53. The van der Waals surface area contributed by atoms with Gasteiger partial charge in [0, 0.05) is 70.2 Å². The Morgan fingerprint density at radius 2 is 1.91 bits per heavy atom. The molecule has 1 aliphatic rings.